The first-order valence-electron chi connectivity index (χ1n) is 7.90. The summed E-state index contributed by atoms with van der Waals surface area (Å²) in [5.74, 6) is 1.34. The van der Waals surface area contributed by atoms with Gasteiger partial charge in [-0.3, -0.25) is 0 Å². The molecule has 1 saturated heterocycles. The Bertz CT molecular complexity index is 741. The van der Waals surface area contributed by atoms with Gasteiger partial charge in [0.1, 0.15) is 11.3 Å². The molecule has 1 fully saturated rings. The van der Waals surface area contributed by atoms with Crippen LogP contribution < -0.4 is 10.4 Å². The van der Waals surface area contributed by atoms with Gasteiger partial charge in [0.2, 0.25) is 0 Å². The van der Waals surface area contributed by atoms with Gasteiger partial charge >= 0.3 is 5.63 Å². The lowest BCUT2D eigenvalue weighted by molar-refractivity contribution is 0.150. The summed E-state index contributed by atoms with van der Waals surface area (Å²) in [5.41, 5.74) is 1.99. The average molecular weight is 338 g/mol. The number of fused-ring (bicyclic) bond motifs is 1. The first kappa shape index (κ1) is 17.8. The Morgan fingerprint density at radius 3 is 2.83 bits per heavy atom. The number of nitrogens with zero attached hydrogens (tertiary/aromatic N) is 1. The van der Waals surface area contributed by atoms with Gasteiger partial charge in [-0.15, -0.1) is 12.4 Å². The third-order valence-electron chi connectivity index (χ3n) is 4.64. The monoisotopic (exact) mass is 337 g/mol. The van der Waals surface area contributed by atoms with Crippen molar-refractivity contribution in [2.75, 3.05) is 26.7 Å². The number of piperidine rings is 1. The quantitative estimate of drug-likeness (QED) is 0.803. The van der Waals surface area contributed by atoms with E-state index in [-0.39, 0.29) is 18.0 Å². The summed E-state index contributed by atoms with van der Waals surface area (Å²) in [6.45, 7) is 6.72. The molecule has 3 rings (SSSR count). The third kappa shape index (κ3) is 3.88. The third-order valence-corrected chi connectivity index (χ3v) is 4.64. The zero-order valence-electron chi connectivity index (χ0n) is 13.9. The highest BCUT2D eigenvalue weighted by Crippen LogP contribution is 2.25. The van der Waals surface area contributed by atoms with Crippen molar-refractivity contribution in [2.24, 2.45) is 5.92 Å². The smallest absolute Gasteiger partial charge is 0.339 e. The van der Waals surface area contributed by atoms with Gasteiger partial charge in [-0.25, -0.2) is 4.79 Å². The fraction of sp³-hybridized carbons (Fsp3) is 0.500. The molecule has 4 nitrogen and oxygen atoms in total. The minimum absolute atomic E-state index is 0. The molecule has 23 heavy (non-hydrogen) atoms. The molecule has 2 heterocycles. The van der Waals surface area contributed by atoms with E-state index in [4.69, 9.17) is 9.15 Å². The van der Waals surface area contributed by atoms with E-state index in [0.717, 1.165) is 23.2 Å². The lowest BCUT2D eigenvalue weighted by Crippen LogP contribution is -2.34. The molecule has 1 unspecified atom stereocenters. The SMILES string of the molecule is Cc1c(C)c2ccc(OCC3CCCN(C)C3)cc2oc1=O.Cl. The van der Waals surface area contributed by atoms with E-state index in [1.807, 2.05) is 25.1 Å². The lowest BCUT2D eigenvalue weighted by Gasteiger charge is -2.29. The molecule has 2 aromatic rings. The minimum Gasteiger partial charge on any atom is -0.493 e. The molecular formula is C18H24ClNO3. The second-order valence-corrected chi connectivity index (χ2v) is 6.38. The predicted octanol–water partition coefficient (Wildman–Crippen LogP) is 3.55. The van der Waals surface area contributed by atoms with E-state index in [9.17, 15) is 4.79 Å². The van der Waals surface area contributed by atoms with Crippen molar-refractivity contribution in [3.05, 3.63) is 39.7 Å². The lowest BCUT2D eigenvalue weighted by atomic mass is 9.99. The molecule has 1 aromatic heterocycles. The number of halogens is 1. The first-order valence-corrected chi connectivity index (χ1v) is 7.90. The van der Waals surface area contributed by atoms with Gasteiger partial charge in [-0.05, 0) is 58.0 Å². The number of rotatable bonds is 3. The molecule has 0 saturated carbocycles. The van der Waals surface area contributed by atoms with E-state index in [1.54, 1.807) is 6.92 Å². The zero-order valence-corrected chi connectivity index (χ0v) is 14.7. The number of aryl methyl sites for hydroxylation is 1. The Labute approximate surface area is 142 Å². The molecule has 0 bridgehead atoms. The molecular weight excluding hydrogens is 314 g/mol. The summed E-state index contributed by atoms with van der Waals surface area (Å²) in [6, 6.07) is 5.76. The molecule has 1 atom stereocenters. The van der Waals surface area contributed by atoms with Crippen LogP contribution >= 0.6 is 12.4 Å². The van der Waals surface area contributed by atoms with E-state index >= 15 is 0 Å². The van der Waals surface area contributed by atoms with Gasteiger partial charge in [-0.1, -0.05) is 0 Å². The van der Waals surface area contributed by atoms with Crippen molar-refractivity contribution in [1.29, 1.82) is 0 Å². The second-order valence-electron chi connectivity index (χ2n) is 6.38. The second kappa shape index (κ2) is 7.37. The Morgan fingerprint density at radius 2 is 2.09 bits per heavy atom. The van der Waals surface area contributed by atoms with Crippen molar-refractivity contribution >= 4 is 23.4 Å². The van der Waals surface area contributed by atoms with E-state index < -0.39 is 0 Å². The highest BCUT2D eigenvalue weighted by Gasteiger charge is 2.18. The first-order chi connectivity index (χ1) is 10.5. The molecule has 0 spiro atoms. The molecule has 1 aliphatic heterocycles. The summed E-state index contributed by atoms with van der Waals surface area (Å²) >= 11 is 0. The molecule has 126 valence electrons. The number of likely N-dealkylation sites (tertiary alicyclic amines) is 1. The Hall–Kier alpha value is -1.52. The van der Waals surface area contributed by atoms with E-state index in [2.05, 4.69) is 11.9 Å². The molecule has 5 heteroatoms. The van der Waals surface area contributed by atoms with Crippen LogP contribution in [0.4, 0.5) is 0 Å². The van der Waals surface area contributed by atoms with Crippen LogP contribution in [0, 0.1) is 19.8 Å². The van der Waals surface area contributed by atoms with Crippen molar-refractivity contribution in [2.45, 2.75) is 26.7 Å². The van der Waals surface area contributed by atoms with Gasteiger partial charge in [0.15, 0.2) is 0 Å². The van der Waals surface area contributed by atoms with E-state index in [1.165, 1.54) is 19.4 Å². The van der Waals surface area contributed by atoms with Gasteiger partial charge in [0.05, 0.1) is 6.61 Å². The fourth-order valence-electron chi connectivity index (χ4n) is 3.14. The summed E-state index contributed by atoms with van der Waals surface area (Å²) in [4.78, 5) is 14.1. The molecule has 0 amide bonds. The largest absolute Gasteiger partial charge is 0.493 e. The van der Waals surface area contributed by atoms with Crippen molar-refractivity contribution in [3.8, 4) is 5.75 Å². The maximum Gasteiger partial charge on any atom is 0.339 e. The topological polar surface area (TPSA) is 42.7 Å². The average Bonchev–Trinajstić information content (AvgIpc) is 2.50. The molecule has 0 N–H and O–H groups in total. The summed E-state index contributed by atoms with van der Waals surface area (Å²) in [6.07, 6.45) is 2.45. The van der Waals surface area contributed by atoms with Crippen LogP contribution in [0.5, 0.6) is 5.75 Å². The number of hydrogen-bond acceptors (Lipinski definition) is 4. The predicted molar refractivity (Wildman–Crippen MR) is 94.9 cm³/mol. The van der Waals surface area contributed by atoms with Crippen LogP contribution in [0.2, 0.25) is 0 Å². The number of benzene rings is 1. The highest BCUT2D eigenvalue weighted by atomic mass is 35.5. The van der Waals surface area contributed by atoms with Crippen molar-refractivity contribution in [3.63, 3.8) is 0 Å². The highest BCUT2D eigenvalue weighted by molar-refractivity contribution is 5.85. The maximum atomic E-state index is 11.8. The van der Waals surface area contributed by atoms with Crippen LogP contribution in [-0.2, 0) is 0 Å². The van der Waals surface area contributed by atoms with Gasteiger partial charge in [-0.2, -0.15) is 0 Å². The molecule has 0 radical (unpaired) electrons. The van der Waals surface area contributed by atoms with Crippen LogP contribution in [0.25, 0.3) is 11.0 Å². The Kier molecular flexibility index (Phi) is 5.71. The van der Waals surface area contributed by atoms with Crippen LogP contribution in [0.3, 0.4) is 0 Å². The molecule has 1 aromatic carbocycles. The normalized spacial score (nSPS) is 18.7. The van der Waals surface area contributed by atoms with E-state index in [0.29, 0.717) is 23.7 Å². The van der Waals surface area contributed by atoms with Crippen LogP contribution in [0.15, 0.2) is 27.4 Å². The van der Waals surface area contributed by atoms with Crippen LogP contribution in [0.1, 0.15) is 24.0 Å². The zero-order chi connectivity index (χ0) is 15.7. The molecule has 0 aliphatic carbocycles. The Balaban J connectivity index is 0.00000192. The number of hydrogen-bond donors (Lipinski definition) is 0. The fourth-order valence-corrected chi connectivity index (χ4v) is 3.14. The number of ether oxygens (including phenoxy) is 1. The standard InChI is InChI=1S/C18H23NO3.ClH/c1-12-13(2)18(20)22-17-9-15(6-7-16(12)17)21-11-14-5-4-8-19(3)10-14;/h6-7,9,14H,4-5,8,10-11H2,1-3H3;1H. The van der Waals surface area contributed by atoms with Gasteiger partial charge in [0, 0.05) is 29.5 Å². The van der Waals surface area contributed by atoms with Gasteiger partial charge in [0.25, 0.3) is 0 Å². The Morgan fingerprint density at radius 1 is 1.30 bits per heavy atom. The summed E-state index contributed by atoms with van der Waals surface area (Å²) in [7, 11) is 2.15. The van der Waals surface area contributed by atoms with Crippen molar-refractivity contribution in [1.82, 2.24) is 4.90 Å². The summed E-state index contributed by atoms with van der Waals surface area (Å²) < 4.78 is 11.3. The van der Waals surface area contributed by atoms with Gasteiger partial charge < -0.3 is 14.1 Å². The molecule has 1 aliphatic rings. The maximum absolute atomic E-state index is 11.8. The van der Waals surface area contributed by atoms with Crippen molar-refractivity contribution < 1.29 is 9.15 Å². The van der Waals surface area contributed by atoms with Crippen LogP contribution in [-0.4, -0.2) is 31.6 Å². The summed E-state index contributed by atoms with van der Waals surface area (Å²) in [5, 5.41) is 0.974. The minimum atomic E-state index is -0.268.